The van der Waals surface area contributed by atoms with Crippen molar-refractivity contribution < 1.29 is 40.7 Å². The van der Waals surface area contributed by atoms with Crippen LogP contribution in [0.25, 0.3) is 44.5 Å². The number of carbonyl (C=O) groups is 3. The molecule has 0 atom stereocenters. The molecule has 14 rings (SSSR count). The highest BCUT2D eigenvalue weighted by Crippen LogP contribution is 2.42. The normalized spacial score (nSPS) is 11.2. The van der Waals surface area contributed by atoms with Gasteiger partial charge in [0.05, 0.1) is 0 Å². The van der Waals surface area contributed by atoms with E-state index in [4.69, 9.17) is 0 Å². The number of carbonyl (C=O) groups excluding carboxylic acids is 3. The average Bonchev–Trinajstić information content (AvgIpc) is 0.812. The van der Waals surface area contributed by atoms with Crippen LogP contribution in [0.15, 0.2) is 370 Å². The summed E-state index contributed by atoms with van der Waals surface area (Å²) in [6, 6.07) is 118. The zero-order chi connectivity index (χ0) is 71.5. The number of nitrogens with zero attached hydrogens (tertiary/aromatic N) is 4. The maximum Gasteiger partial charge on any atom is 0.454 e. The van der Waals surface area contributed by atoms with E-state index >= 15 is 0 Å². The SMILES string of the molecule is CC(=O)c1ccc(N(c2ccccc2)c2ccc(-c3ccc(-c4ccc(N(c5ccccc5)c5ccc(C(=O)C(F)(F)F)cc5)cc4)cc3)cc2)cc1.O=C(c1ccc(N(c2ccccc2)c2ccc(-c3ccc(-c4ccc(N(c5ccccc5)c5ccccc5)cc4)cc3)cc2)cc1)C(F)(F)F. The molecule has 504 valence electrons. The molecule has 0 heterocycles. The van der Waals surface area contributed by atoms with Crippen LogP contribution in [0.3, 0.4) is 0 Å². The van der Waals surface area contributed by atoms with Crippen LogP contribution in [0, 0.1) is 0 Å². The molecular formula is C90H64F6N4O3. The van der Waals surface area contributed by atoms with Gasteiger partial charge in [0.25, 0.3) is 11.6 Å². The van der Waals surface area contributed by atoms with Crippen molar-refractivity contribution in [1.29, 1.82) is 0 Å². The Morgan fingerprint density at radius 1 is 0.194 bits per heavy atom. The van der Waals surface area contributed by atoms with Crippen molar-refractivity contribution in [2.45, 2.75) is 19.3 Å². The van der Waals surface area contributed by atoms with Crippen molar-refractivity contribution in [1.82, 2.24) is 0 Å². The lowest BCUT2D eigenvalue weighted by Gasteiger charge is -2.26. The van der Waals surface area contributed by atoms with Crippen LogP contribution in [0.2, 0.25) is 0 Å². The molecule has 0 amide bonds. The van der Waals surface area contributed by atoms with E-state index in [1.54, 1.807) is 6.92 Å². The molecule has 13 heteroatoms. The lowest BCUT2D eigenvalue weighted by molar-refractivity contribution is -0.0888. The highest BCUT2D eigenvalue weighted by atomic mass is 19.4. The van der Waals surface area contributed by atoms with Crippen molar-refractivity contribution in [3.8, 4) is 44.5 Å². The van der Waals surface area contributed by atoms with Gasteiger partial charge in [-0.25, -0.2) is 0 Å². The number of anilines is 12. The predicted octanol–water partition coefficient (Wildman–Crippen LogP) is 25.6. The van der Waals surface area contributed by atoms with E-state index in [1.165, 1.54) is 48.5 Å². The summed E-state index contributed by atoms with van der Waals surface area (Å²) in [5, 5.41) is 0. The van der Waals surface area contributed by atoms with Crippen LogP contribution in [-0.2, 0) is 0 Å². The number of hydrogen-bond acceptors (Lipinski definition) is 7. The van der Waals surface area contributed by atoms with E-state index < -0.39 is 35.0 Å². The Hall–Kier alpha value is -13.1. The summed E-state index contributed by atoms with van der Waals surface area (Å²) < 4.78 is 78.0. The number of Topliss-reactive ketones (excluding diaryl/α,β-unsaturated/α-hetero) is 3. The summed E-state index contributed by atoms with van der Waals surface area (Å²) in [7, 11) is 0. The van der Waals surface area contributed by atoms with E-state index in [-0.39, 0.29) is 5.78 Å². The lowest BCUT2D eigenvalue weighted by atomic mass is 9.99. The third-order valence-electron chi connectivity index (χ3n) is 17.5. The third kappa shape index (κ3) is 16.0. The number of ketones is 3. The number of para-hydroxylation sites is 5. The summed E-state index contributed by atoms with van der Waals surface area (Å²) in [6.45, 7) is 1.56. The average molecular weight is 1360 g/mol. The zero-order valence-corrected chi connectivity index (χ0v) is 55.5. The summed E-state index contributed by atoms with van der Waals surface area (Å²) in [5.41, 5.74) is 19.1. The molecule has 14 aromatic carbocycles. The van der Waals surface area contributed by atoms with Crippen LogP contribution in [0.4, 0.5) is 94.6 Å². The first-order chi connectivity index (χ1) is 50.0. The van der Waals surface area contributed by atoms with Crippen molar-refractivity contribution in [3.63, 3.8) is 0 Å². The molecule has 0 aromatic heterocycles. The molecule has 0 N–H and O–H groups in total. The fraction of sp³-hybridized carbons (Fsp3) is 0.0333. The second-order valence-corrected chi connectivity index (χ2v) is 24.2. The third-order valence-corrected chi connectivity index (χ3v) is 17.5. The maximum absolute atomic E-state index is 13.0. The number of rotatable bonds is 19. The van der Waals surface area contributed by atoms with Crippen molar-refractivity contribution >= 4 is 85.6 Å². The molecule has 14 aromatic rings. The fourth-order valence-corrected chi connectivity index (χ4v) is 12.3. The standard InChI is InChI=1S/C46H33F3N2O2.C44H31F3N2O/c1-32(52)33-16-24-41(25-17-33)50(39-8-4-2-5-9-39)42-26-18-36(19-27-42)34-12-14-35(15-13-34)37-20-28-43(29-21-37)51(40-10-6-3-7-11-40)44-30-22-38(23-31-44)45(53)46(47,48)49;45-44(46,47)43(50)36-24-30-42(31-25-36)49(39-14-8-3-9-15-39)41-28-22-35(23-29-41)33-18-16-32(17-19-33)34-20-26-40(27-21-34)48(37-10-4-1-5-11-37)38-12-6-2-7-13-38/h2-31H,1H3;1-31H. The molecule has 0 bridgehead atoms. The Balaban J connectivity index is 0.000000184. The highest BCUT2D eigenvalue weighted by molar-refractivity contribution is 6.01. The van der Waals surface area contributed by atoms with Gasteiger partial charge in [0, 0.05) is 84.9 Å². The minimum atomic E-state index is -4.93. The molecule has 0 radical (unpaired) electrons. The smallest absolute Gasteiger partial charge is 0.311 e. The molecule has 0 fully saturated rings. The molecule has 0 aliphatic rings. The van der Waals surface area contributed by atoms with E-state index in [0.29, 0.717) is 16.9 Å². The first-order valence-corrected chi connectivity index (χ1v) is 33.1. The molecular weight excluding hydrogens is 1300 g/mol. The topological polar surface area (TPSA) is 64.2 Å². The molecule has 0 spiro atoms. The first-order valence-electron chi connectivity index (χ1n) is 33.1. The molecule has 0 aliphatic heterocycles. The van der Waals surface area contributed by atoms with E-state index in [2.05, 4.69) is 143 Å². The minimum Gasteiger partial charge on any atom is -0.311 e. The van der Waals surface area contributed by atoms with Gasteiger partial charge in [-0.3, -0.25) is 14.4 Å². The maximum atomic E-state index is 13.0. The molecule has 0 saturated heterocycles. The summed E-state index contributed by atoms with van der Waals surface area (Å²) in [5.74, 6) is -3.70. The highest BCUT2D eigenvalue weighted by Gasteiger charge is 2.40. The minimum absolute atomic E-state index is 0.0276. The van der Waals surface area contributed by atoms with Crippen LogP contribution in [0.5, 0.6) is 0 Å². The Morgan fingerprint density at radius 2 is 0.330 bits per heavy atom. The van der Waals surface area contributed by atoms with Crippen LogP contribution < -0.4 is 19.6 Å². The van der Waals surface area contributed by atoms with Gasteiger partial charge in [0.15, 0.2) is 5.78 Å². The van der Waals surface area contributed by atoms with Crippen LogP contribution >= 0.6 is 0 Å². The molecule has 0 unspecified atom stereocenters. The Kier molecular flexibility index (Phi) is 20.3. The van der Waals surface area contributed by atoms with Crippen LogP contribution in [0.1, 0.15) is 38.0 Å². The summed E-state index contributed by atoms with van der Waals surface area (Å²) in [6.07, 6.45) is -9.86. The van der Waals surface area contributed by atoms with Gasteiger partial charge in [-0.1, -0.05) is 188 Å². The number of hydrogen-bond donors (Lipinski definition) is 0. The Bertz CT molecular complexity index is 5110. The summed E-state index contributed by atoms with van der Waals surface area (Å²) >= 11 is 0. The van der Waals surface area contributed by atoms with Gasteiger partial charge in [0.1, 0.15) is 0 Å². The Labute approximate surface area is 593 Å². The first kappa shape index (κ1) is 68.4. The van der Waals surface area contributed by atoms with Gasteiger partial charge in [-0.15, -0.1) is 0 Å². The van der Waals surface area contributed by atoms with E-state index in [1.807, 2.05) is 198 Å². The zero-order valence-electron chi connectivity index (χ0n) is 55.5. The predicted molar refractivity (Wildman–Crippen MR) is 404 cm³/mol. The van der Waals surface area contributed by atoms with Crippen LogP contribution in [-0.4, -0.2) is 29.7 Å². The largest absolute Gasteiger partial charge is 0.454 e. The molecule has 0 saturated carbocycles. The monoisotopic (exact) mass is 1360 g/mol. The van der Waals surface area contributed by atoms with Crippen molar-refractivity contribution in [3.05, 3.63) is 387 Å². The Morgan fingerprint density at radius 3 is 0.485 bits per heavy atom. The lowest BCUT2D eigenvalue weighted by Crippen LogP contribution is -2.22. The van der Waals surface area contributed by atoms with Gasteiger partial charge in [0.2, 0.25) is 0 Å². The quantitative estimate of drug-likeness (QED) is 0.0590. The molecule has 7 nitrogen and oxygen atoms in total. The van der Waals surface area contributed by atoms with E-state index in [9.17, 15) is 40.7 Å². The summed E-state index contributed by atoms with van der Waals surface area (Å²) in [4.78, 5) is 43.7. The number of halogens is 6. The van der Waals surface area contributed by atoms with Gasteiger partial charge in [-0.05, 0) is 233 Å². The van der Waals surface area contributed by atoms with Crippen molar-refractivity contribution in [2.24, 2.45) is 0 Å². The number of benzene rings is 14. The molecule has 0 aliphatic carbocycles. The molecule has 103 heavy (non-hydrogen) atoms. The van der Waals surface area contributed by atoms with Crippen molar-refractivity contribution in [2.75, 3.05) is 19.6 Å². The number of alkyl halides is 6. The van der Waals surface area contributed by atoms with Gasteiger partial charge in [-0.2, -0.15) is 26.3 Å². The van der Waals surface area contributed by atoms with E-state index in [0.717, 1.165) is 101 Å². The fourth-order valence-electron chi connectivity index (χ4n) is 12.3. The van der Waals surface area contributed by atoms with Gasteiger partial charge >= 0.3 is 12.4 Å². The second kappa shape index (κ2) is 30.5. The van der Waals surface area contributed by atoms with Gasteiger partial charge < -0.3 is 19.6 Å². The second-order valence-electron chi connectivity index (χ2n) is 24.2.